The van der Waals surface area contributed by atoms with Gasteiger partial charge in [-0.2, -0.15) is 0 Å². The third-order valence-corrected chi connectivity index (χ3v) is 5.10. The molecule has 1 aromatic carbocycles. The minimum absolute atomic E-state index is 0.381. The molecule has 0 unspecified atom stereocenters. The molecule has 0 bridgehead atoms. The smallest absolute Gasteiger partial charge is 0.0396 e. The average molecular weight is 272 g/mol. The van der Waals surface area contributed by atoms with Crippen LogP contribution in [0.1, 0.15) is 49.7 Å². The molecule has 2 aliphatic rings. The van der Waals surface area contributed by atoms with Crippen LogP contribution in [0.5, 0.6) is 0 Å². The van der Waals surface area contributed by atoms with Crippen molar-refractivity contribution in [3.05, 3.63) is 29.3 Å². The summed E-state index contributed by atoms with van der Waals surface area (Å²) in [5.74, 6) is 0. The Bertz CT molecular complexity index is 460. The molecule has 1 aliphatic carbocycles. The molecule has 110 valence electrons. The van der Waals surface area contributed by atoms with Crippen molar-refractivity contribution in [2.45, 2.75) is 57.9 Å². The van der Waals surface area contributed by atoms with E-state index < -0.39 is 0 Å². The first-order valence-electron chi connectivity index (χ1n) is 8.26. The van der Waals surface area contributed by atoms with Gasteiger partial charge in [-0.05, 0) is 51.3 Å². The van der Waals surface area contributed by atoms with Crippen LogP contribution >= 0.6 is 0 Å². The van der Waals surface area contributed by atoms with Crippen LogP contribution in [0.4, 0.5) is 5.69 Å². The van der Waals surface area contributed by atoms with Gasteiger partial charge < -0.3 is 10.2 Å². The first kappa shape index (κ1) is 13.9. The summed E-state index contributed by atoms with van der Waals surface area (Å²) in [6.07, 6.45) is 8.19. The Hall–Kier alpha value is -1.02. The molecule has 1 saturated heterocycles. The summed E-state index contributed by atoms with van der Waals surface area (Å²) in [5.41, 5.74) is 4.63. The van der Waals surface area contributed by atoms with E-state index >= 15 is 0 Å². The zero-order valence-corrected chi connectivity index (χ0v) is 13.0. The molecular formula is C18H28N2. The Morgan fingerprint density at radius 1 is 1.05 bits per heavy atom. The van der Waals surface area contributed by atoms with Crippen LogP contribution < -0.4 is 10.2 Å². The van der Waals surface area contributed by atoms with E-state index in [1.165, 1.54) is 75.0 Å². The number of nitrogens with one attached hydrogen (secondary N) is 1. The number of anilines is 1. The van der Waals surface area contributed by atoms with Crippen molar-refractivity contribution < 1.29 is 0 Å². The van der Waals surface area contributed by atoms with E-state index in [0.717, 1.165) is 0 Å². The highest BCUT2D eigenvalue weighted by Gasteiger charge is 2.35. The highest BCUT2D eigenvalue weighted by atomic mass is 15.2. The molecule has 1 saturated carbocycles. The lowest BCUT2D eigenvalue weighted by Crippen LogP contribution is -2.52. The number of hydrogen-bond acceptors (Lipinski definition) is 2. The third kappa shape index (κ3) is 2.85. The molecule has 1 aromatic rings. The number of nitrogens with zero attached hydrogens (tertiary/aromatic N) is 1. The Kier molecular flexibility index (Phi) is 4.02. The Morgan fingerprint density at radius 3 is 2.60 bits per heavy atom. The van der Waals surface area contributed by atoms with Crippen molar-refractivity contribution in [3.8, 4) is 0 Å². The molecule has 1 heterocycles. The predicted molar refractivity (Wildman–Crippen MR) is 86.6 cm³/mol. The van der Waals surface area contributed by atoms with E-state index in [1.807, 2.05) is 0 Å². The summed E-state index contributed by atoms with van der Waals surface area (Å²) >= 11 is 0. The lowest BCUT2D eigenvalue weighted by atomic mass is 9.81. The molecule has 0 aromatic heterocycles. The Labute approximate surface area is 123 Å². The summed E-state index contributed by atoms with van der Waals surface area (Å²) in [7, 11) is 0. The van der Waals surface area contributed by atoms with Crippen LogP contribution in [0.2, 0.25) is 0 Å². The van der Waals surface area contributed by atoms with E-state index in [2.05, 4.69) is 42.3 Å². The average Bonchev–Trinajstić information content (AvgIpc) is 2.63. The van der Waals surface area contributed by atoms with Crippen LogP contribution in [0.3, 0.4) is 0 Å². The molecule has 1 N–H and O–H groups in total. The lowest BCUT2D eigenvalue weighted by molar-refractivity contribution is 0.246. The summed E-state index contributed by atoms with van der Waals surface area (Å²) in [6, 6.07) is 6.90. The molecule has 20 heavy (non-hydrogen) atoms. The van der Waals surface area contributed by atoms with Crippen LogP contribution in [0.25, 0.3) is 0 Å². The fourth-order valence-corrected chi connectivity index (χ4v) is 4.05. The standard InChI is InChI=1S/C18H28N2/c1-15-7-8-17(16(2)13-15)20-12-6-11-19-18(14-20)9-4-3-5-10-18/h7-8,13,19H,3-6,9-12,14H2,1-2H3. The fraction of sp³-hybridized carbons (Fsp3) is 0.667. The van der Waals surface area contributed by atoms with Gasteiger partial charge in [0, 0.05) is 24.3 Å². The molecule has 0 amide bonds. The Morgan fingerprint density at radius 2 is 1.85 bits per heavy atom. The Balaban J connectivity index is 1.84. The van der Waals surface area contributed by atoms with E-state index in [4.69, 9.17) is 0 Å². The summed E-state index contributed by atoms with van der Waals surface area (Å²) in [6.45, 7) is 8.01. The highest BCUT2D eigenvalue weighted by molar-refractivity contribution is 5.55. The largest absolute Gasteiger partial charge is 0.369 e. The van der Waals surface area contributed by atoms with Gasteiger partial charge in [0.15, 0.2) is 0 Å². The number of hydrogen-bond donors (Lipinski definition) is 1. The van der Waals surface area contributed by atoms with Gasteiger partial charge >= 0.3 is 0 Å². The maximum Gasteiger partial charge on any atom is 0.0396 e. The van der Waals surface area contributed by atoms with Gasteiger partial charge in [-0.3, -0.25) is 0 Å². The molecule has 0 radical (unpaired) electrons. The van der Waals surface area contributed by atoms with Gasteiger partial charge in [-0.1, -0.05) is 37.0 Å². The van der Waals surface area contributed by atoms with E-state index in [-0.39, 0.29) is 0 Å². The van der Waals surface area contributed by atoms with Gasteiger partial charge in [0.05, 0.1) is 0 Å². The second kappa shape index (κ2) is 5.77. The van der Waals surface area contributed by atoms with Crippen molar-refractivity contribution in [2.24, 2.45) is 0 Å². The van der Waals surface area contributed by atoms with Gasteiger partial charge in [0.2, 0.25) is 0 Å². The van der Waals surface area contributed by atoms with E-state index in [1.54, 1.807) is 0 Å². The molecular weight excluding hydrogens is 244 g/mol. The third-order valence-electron chi connectivity index (χ3n) is 5.10. The van der Waals surface area contributed by atoms with Gasteiger partial charge in [0.1, 0.15) is 0 Å². The van der Waals surface area contributed by atoms with E-state index in [0.29, 0.717) is 5.54 Å². The van der Waals surface area contributed by atoms with Gasteiger partial charge in [-0.25, -0.2) is 0 Å². The topological polar surface area (TPSA) is 15.3 Å². The molecule has 1 spiro atoms. The lowest BCUT2D eigenvalue weighted by Gasteiger charge is -2.41. The van der Waals surface area contributed by atoms with E-state index in [9.17, 15) is 0 Å². The minimum atomic E-state index is 0.381. The first-order chi connectivity index (χ1) is 9.69. The van der Waals surface area contributed by atoms with Gasteiger partial charge in [-0.15, -0.1) is 0 Å². The fourth-order valence-electron chi connectivity index (χ4n) is 4.05. The predicted octanol–water partition coefficient (Wildman–Crippen LogP) is 3.81. The van der Waals surface area contributed by atoms with Crippen LogP contribution in [-0.2, 0) is 0 Å². The molecule has 2 nitrogen and oxygen atoms in total. The van der Waals surface area contributed by atoms with Crippen molar-refractivity contribution in [3.63, 3.8) is 0 Å². The van der Waals surface area contributed by atoms with Crippen LogP contribution in [-0.4, -0.2) is 25.2 Å². The molecule has 0 atom stereocenters. The maximum atomic E-state index is 3.89. The normalized spacial score (nSPS) is 22.8. The van der Waals surface area contributed by atoms with Crippen molar-refractivity contribution in [1.29, 1.82) is 0 Å². The summed E-state index contributed by atoms with van der Waals surface area (Å²) in [5, 5.41) is 3.89. The number of aryl methyl sites for hydroxylation is 2. The van der Waals surface area contributed by atoms with Crippen LogP contribution in [0, 0.1) is 13.8 Å². The van der Waals surface area contributed by atoms with Crippen molar-refractivity contribution >= 4 is 5.69 Å². The van der Waals surface area contributed by atoms with Crippen molar-refractivity contribution in [1.82, 2.24) is 5.32 Å². The number of rotatable bonds is 1. The first-order valence-corrected chi connectivity index (χ1v) is 8.26. The molecule has 2 heteroatoms. The molecule has 2 fully saturated rings. The second-order valence-electron chi connectivity index (χ2n) is 6.83. The quantitative estimate of drug-likeness (QED) is 0.836. The SMILES string of the molecule is Cc1ccc(N2CCCNC3(CCCCC3)C2)c(C)c1. The molecule has 3 rings (SSSR count). The van der Waals surface area contributed by atoms with Crippen LogP contribution in [0.15, 0.2) is 18.2 Å². The zero-order valence-electron chi connectivity index (χ0n) is 13.0. The van der Waals surface area contributed by atoms with Gasteiger partial charge in [0.25, 0.3) is 0 Å². The second-order valence-corrected chi connectivity index (χ2v) is 6.83. The summed E-state index contributed by atoms with van der Waals surface area (Å²) < 4.78 is 0. The minimum Gasteiger partial charge on any atom is -0.369 e. The zero-order chi connectivity index (χ0) is 14.0. The highest BCUT2D eigenvalue weighted by Crippen LogP contribution is 2.33. The molecule has 1 aliphatic heterocycles. The summed E-state index contributed by atoms with van der Waals surface area (Å²) in [4.78, 5) is 2.64. The number of benzene rings is 1. The van der Waals surface area contributed by atoms with Crippen molar-refractivity contribution in [2.75, 3.05) is 24.5 Å². The maximum absolute atomic E-state index is 3.89. The monoisotopic (exact) mass is 272 g/mol.